The Bertz CT molecular complexity index is 797. The molecule has 1 aromatic carbocycles. The van der Waals surface area contributed by atoms with Crippen LogP contribution in [0.5, 0.6) is 0 Å². The fourth-order valence-corrected chi connectivity index (χ4v) is 2.97. The molecular formula is C17H17ClN2O2. The number of anilines is 1. The van der Waals surface area contributed by atoms with Gasteiger partial charge in [0.15, 0.2) is 0 Å². The van der Waals surface area contributed by atoms with E-state index in [9.17, 15) is 9.59 Å². The van der Waals surface area contributed by atoms with Gasteiger partial charge < -0.3 is 9.88 Å². The van der Waals surface area contributed by atoms with Crippen molar-refractivity contribution in [3.8, 4) is 0 Å². The molecule has 1 saturated carbocycles. The molecule has 1 aliphatic carbocycles. The third kappa shape index (κ3) is 2.66. The first-order chi connectivity index (χ1) is 10.5. The van der Waals surface area contributed by atoms with E-state index in [1.54, 1.807) is 13.2 Å². The van der Waals surface area contributed by atoms with Gasteiger partial charge in [-0.1, -0.05) is 29.8 Å². The minimum Gasteiger partial charge on any atom is -0.321 e. The summed E-state index contributed by atoms with van der Waals surface area (Å²) in [7, 11) is 1.67. The van der Waals surface area contributed by atoms with Gasteiger partial charge in [-0.25, -0.2) is 0 Å². The molecule has 0 spiro atoms. The van der Waals surface area contributed by atoms with Crippen LogP contribution in [0.25, 0.3) is 0 Å². The molecule has 22 heavy (non-hydrogen) atoms. The summed E-state index contributed by atoms with van der Waals surface area (Å²) in [5.74, 6) is -0.0953. The lowest BCUT2D eigenvalue weighted by molar-refractivity contribution is -0.117. The van der Waals surface area contributed by atoms with E-state index in [1.807, 2.05) is 37.3 Å². The summed E-state index contributed by atoms with van der Waals surface area (Å²) >= 11 is 6.18. The number of rotatable bonds is 3. The van der Waals surface area contributed by atoms with Crippen LogP contribution in [0.2, 0.25) is 5.02 Å². The Balaban J connectivity index is 1.77. The van der Waals surface area contributed by atoms with Crippen LogP contribution in [0, 0.1) is 12.8 Å². The van der Waals surface area contributed by atoms with Crippen molar-refractivity contribution >= 4 is 23.2 Å². The second-order valence-corrected chi connectivity index (χ2v) is 6.16. The number of aryl methyl sites for hydroxylation is 2. The monoisotopic (exact) mass is 316 g/mol. The van der Waals surface area contributed by atoms with Crippen molar-refractivity contribution in [3.05, 3.63) is 63.0 Å². The molecule has 0 bridgehead atoms. The van der Waals surface area contributed by atoms with Gasteiger partial charge in [-0.15, -0.1) is 0 Å². The standard InChI is InChI=1S/C17H17ClN2O2/c1-10-7-8-20(2)17(22)15(10)19-16(21)13-9-12(13)11-5-3-4-6-14(11)18/h3-8,12-13H,9H2,1-2H3,(H,19,21). The van der Waals surface area contributed by atoms with Crippen LogP contribution < -0.4 is 10.9 Å². The second kappa shape index (κ2) is 5.61. The van der Waals surface area contributed by atoms with Crippen LogP contribution in [0.4, 0.5) is 5.69 Å². The summed E-state index contributed by atoms with van der Waals surface area (Å²) in [6.45, 7) is 1.81. The van der Waals surface area contributed by atoms with Gasteiger partial charge in [-0.05, 0) is 42.5 Å². The predicted molar refractivity (Wildman–Crippen MR) is 87.3 cm³/mol. The van der Waals surface area contributed by atoms with Crippen LogP contribution in [0.15, 0.2) is 41.3 Å². The molecule has 2 atom stereocenters. The number of benzene rings is 1. The van der Waals surface area contributed by atoms with Gasteiger partial charge in [0.05, 0.1) is 0 Å². The molecule has 5 heteroatoms. The number of aromatic nitrogens is 1. The van der Waals surface area contributed by atoms with Gasteiger partial charge in [-0.3, -0.25) is 9.59 Å². The average Bonchev–Trinajstić information content (AvgIpc) is 3.28. The van der Waals surface area contributed by atoms with Crippen LogP contribution in [-0.2, 0) is 11.8 Å². The molecule has 0 saturated heterocycles. The van der Waals surface area contributed by atoms with Crippen molar-refractivity contribution in [1.29, 1.82) is 0 Å². The molecule has 3 rings (SSSR count). The summed E-state index contributed by atoms with van der Waals surface area (Å²) in [6.07, 6.45) is 2.46. The quantitative estimate of drug-likeness (QED) is 0.946. The summed E-state index contributed by atoms with van der Waals surface area (Å²) < 4.78 is 1.46. The molecule has 1 fully saturated rings. The van der Waals surface area contributed by atoms with E-state index >= 15 is 0 Å². The number of pyridine rings is 1. The minimum absolute atomic E-state index is 0.115. The van der Waals surface area contributed by atoms with Gasteiger partial charge in [-0.2, -0.15) is 0 Å². The lowest BCUT2D eigenvalue weighted by Gasteiger charge is -2.09. The molecule has 0 aliphatic heterocycles. The van der Waals surface area contributed by atoms with Gasteiger partial charge in [0.1, 0.15) is 5.69 Å². The highest BCUT2D eigenvalue weighted by Crippen LogP contribution is 2.49. The molecule has 2 unspecified atom stereocenters. The molecule has 1 heterocycles. The lowest BCUT2D eigenvalue weighted by atomic mass is 10.1. The Morgan fingerprint density at radius 3 is 2.77 bits per heavy atom. The minimum atomic E-state index is -0.191. The highest BCUT2D eigenvalue weighted by molar-refractivity contribution is 6.31. The zero-order chi connectivity index (χ0) is 15.9. The number of halogens is 1. The molecule has 1 N–H and O–H groups in total. The number of nitrogens with one attached hydrogen (secondary N) is 1. The zero-order valence-electron chi connectivity index (χ0n) is 12.5. The van der Waals surface area contributed by atoms with Crippen LogP contribution in [-0.4, -0.2) is 10.5 Å². The molecule has 0 radical (unpaired) electrons. The van der Waals surface area contributed by atoms with Gasteiger partial charge in [0, 0.05) is 24.2 Å². The summed E-state index contributed by atoms with van der Waals surface area (Å²) in [6, 6.07) is 9.40. The maximum Gasteiger partial charge on any atom is 0.274 e. The molecule has 4 nitrogen and oxygen atoms in total. The number of amides is 1. The first kappa shape index (κ1) is 14.9. The third-order valence-electron chi connectivity index (χ3n) is 4.16. The molecular weight excluding hydrogens is 300 g/mol. The first-order valence-corrected chi connectivity index (χ1v) is 7.58. The fourth-order valence-electron chi connectivity index (χ4n) is 2.69. The summed E-state index contributed by atoms with van der Waals surface area (Å²) in [5, 5.41) is 3.47. The SMILES string of the molecule is Cc1ccn(C)c(=O)c1NC(=O)C1CC1c1ccccc1Cl. The normalized spacial score (nSPS) is 19.8. The molecule has 1 amide bonds. The van der Waals surface area contributed by atoms with Crippen molar-refractivity contribution in [2.45, 2.75) is 19.3 Å². The van der Waals surface area contributed by atoms with E-state index in [4.69, 9.17) is 11.6 Å². The zero-order valence-corrected chi connectivity index (χ0v) is 13.2. The Labute approximate surface area is 133 Å². The van der Waals surface area contributed by atoms with Crippen LogP contribution in [0.3, 0.4) is 0 Å². The Hall–Kier alpha value is -2.07. The first-order valence-electron chi connectivity index (χ1n) is 7.20. The molecule has 1 aromatic heterocycles. The summed E-state index contributed by atoms with van der Waals surface area (Å²) in [5.41, 5.74) is 1.94. The van der Waals surface area contributed by atoms with Crippen molar-refractivity contribution in [2.75, 3.05) is 5.32 Å². The Kier molecular flexibility index (Phi) is 3.79. The highest BCUT2D eigenvalue weighted by atomic mass is 35.5. The third-order valence-corrected chi connectivity index (χ3v) is 4.50. The highest BCUT2D eigenvalue weighted by Gasteiger charge is 2.45. The van der Waals surface area contributed by atoms with Crippen molar-refractivity contribution < 1.29 is 4.79 Å². The molecule has 2 aromatic rings. The van der Waals surface area contributed by atoms with E-state index in [-0.39, 0.29) is 23.3 Å². The summed E-state index contributed by atoms with van der Waals surface area (Å²) in [4.78, 5) is 24.5. The van der Waals surface area contributed by atoms with Crippen molar-refractivity contribution in [1.82, 2.24) is 4.57 Å². The van der Waals surface area contributed by atoms with Crippen LogP contribution >= 0.6 is 11.6 Å². The number of nitrogens with zero attached hydrogens (tertiary/aromatic N) is 1. The van der Waals surface area contributed by atoms with Crippen molar-refractivity contribution in [3.63, 3.8) is 0 Å². The van der Waals surface area contributed by atoms with E-state index in [2.05, 4.69) is 5.32 Å². The number of hydrogen-bond acceptors (Lipinski definition) is 2. The smallest absolute Gasteiger partial charge is 0.274 e. The fraction of sp³-hybridized carbons (Fsp3) is 0.294. The predicted octanol–water partition coefficient (Wildman–Crippen LogP) is 3.09. The second-order valence-electron chi connectivity index (χ2n) is 5.75. The van der Waals surface area contributed by atoms with Gasteiger partial charge >= 0.3 is 0 Å². The molecule has 1 aliphatic rings. The van der Waals surface area contributed by atoms with Gasteiger partial charge in [0.2, 0.25) is 5.91 Å². The molecule has 114 valence electrons. The average molecular weight is 317 g/mol. The maximum absolute atomic E-state index is 12.4. The van der Waals surface area contributed by atoms with Gasteiger partial charge in [0.25, 0.3) is 5.56 Å². The maximum atomic E-state index is 12.4. The van der Waals surface area contributed by atoms with Crippen molar-refractivity contribution in [2.24, 2.45) is 13.0 Å². The van der Waals surface area contributed by atoms with Crippen LogP contribution in [0.1, 0.15) is 23.5 Å². The number of carbonyl (C=O) groups is 1. The number of carbonyl (C=O) groups excluding carboxylic acids is 1. The van der Waals surface area contributed by atoms with E-state index in [1.165, 1.54) is 4.57 Å². The lowest BCUT2D eigenvalue weighted by Crippen LogP contribution is -2.26. The van der Waals surface area contributed by atoms with E-state index < -0.39 is 0 Å². The number of hydrogen-bond donors (Lipinski definition) is 1. The van der Waals surface area contributed by atoms with E-state index in [0.29, 0.717) is 10.7 Å². The largest absolute Gasteiger partial charge is 0.321 e. The van der Waals surface area contributed by atoms with E-state index in [0.717, 1.165) is 17.5 Å². The topological polar surface area (TPSA) is 51.1 Å². The Morgan fingerprint density at radius 1 is 1.32 bits per heavy atom. The Morgan fingerprint density at radius 2 is 2.05 bits per heavy atom.